The van der Waals surface area contributed by atoms with Crippen molar-refractivity contribution in [3.63, 3.8) is 0 Å². The van der Waals surface area contributed by atoms with E-state index in [1.165, 1.54) is 6.20 Å². The fourth-order valence-corrected chi connectivity index (χ4v) is 3.56. The maximum Gasteiger partial charge on any atom is 0.392 e. The van der Waals surface area contributed by atoms with Crippen molar-refractivity contribution in [2.45, 2.75) is 57.8 Å². The molecule has 3 unspecified atom stereocenters. The lowest BCUT2D eigenvalue weighted by Crippen LogP contribution is -2.39. The van der Waals surface area contributed by atoms with Gasteiger partial charge in [0.1, 0.15) is 0 Å². The lowest BCUT2D eigenvalue weighted by atomic mass is 9.74. The number of halogens is 4. The van der Waals surface area contributed by atoms with E-state index in [0.29, 0.717) is 30.1 Å². The molecule has 7 heteroatoms. The largest absolute Gasteiger partial charge is 0.392 e. The van der Waals surface area contributed by atoms with Crippen LogP contribution in [0.3, 0.4) is 0 Å². The predicted molar refractivity (Wildman–Crippen MR) is 76.0 cm³/mol. The molecule has 1 heterocycles. The summed E-state index contributed by atoms with van der Waals surface area (Å²) in [6, 6.07) is -0.724. The average molecular weight is 324 g/mol. The van der Waals surface area contributed by atoms with E-state index in [9.17, 15) is 13.2 Å². The number of rotatable bonds is 4. The second-order valence-corrected chi connectivity index (χ2v) is 6.13. The molecule has 1 aliphatic rings. The Bertz CT molecular complexity index is 473. The Morgan fingerprint density at radius 3 is 2.71 bits per heavy atom. The molecule has 3 nitrogen and oxygen atoms in total. The van der Waals surface area contributed by atoms with Gasteiger partial charge >= 0.3 is 6.18 Å². The Morgan fingerprint density at radius 1 is 1.43 bits per heavy atom. The van der Waals surface area contributed by atoms with Crippen LogP contribution in [0.25, 0.3) is 0 Å². The third kappa shape index (κ3) is 3.54. The van der Waals surface area contributed by atoms with Crippen LogP contribution in [0.1, 0.15) is 50.8 Å². The van der Waals surface area contributed by atoms with Crippen LogP contribution in [0.2, 0.25) is 5.02 Å². The highest BCUT2D eigenvalue weighted by molar-refractivity contribution is 6.31. The molecule has 2 rings (SSSR count). The molecule has 3 atom stereocenters. The van der Waals surface area contributed by atoms with Gasteiger partial charge in [-0.1, -0.05) is 31.4 Å². The van der Waals surface area contributed by atoms with Gasteiger partial charge in [-0.05, 0) is 25.2 Å². The average Bonchev–Trinajstić information content (AvgIpc) is 2.79. The van der Waals surface area contributed by atoms with Crippen molar-refractivity contribution in [1.29, 1.82) is 0 Å². The molecule has 1 saturated carbocycles. The first kappa shape index (κ1) is 16.6. The molecule has 0 aliphatic heterocycles. The third-order valence-electron chi connectivity index (χ3n) is 4.29. The molecule has 1 aliphatic carbocycles. The summed E-state index contributed by atoms with van der Waals surface area (Å²) in [7, 11) is 0. The summed E-state index contributed by atoms with van der Waals surface area (Å²) >= 11 is 6.11. The van der Waals surface area contributed by atoms with Gasteiger partial charge in [-0.15, -0.1) is 0 Å². The fourth-order valence-electron chi connectivity index (χ4n) is 3.29. The first-order valence-corrected chi connectivity index (χ1v) is 7.77. The monoisotopic (exact) mass is 323 g/mol. The predicted octanol–water partition coefficient (Wildman–Crippen LogP) is 4.32. The maximum absolute atomic E-state index is 13.2. The zero-order chi connectivity index (χ0) is 15.6. The van der Waals surface area contributed by atoms with Gasteiger partial charge < -0.3 is 5.73 Å². The van der Waals surface area contributed by atoms with Crippen LogP contribution in [-0.2, 0) is 6.54 Å². The van der Waals surface area contributed by atoms with Crippen LogP contribution in [0.15, 0.2) is 6.20 Å². The first-order valence-electron chi connectivity index (χ1n) is 7.39. The fraction of sp³-hybridized carbons (Fsp3) is 0.786. The third-order valence-corrected chi connectivity index (χ3v) is 4.58. The number of hydrogen-bond acceptors (Lipinski definition) is 2. The lowest BCUT2D eigenvalue weighted by Gasteiger charge is -2.36. The van der Waals surface area contributed by atoms with Gasteiger partial charge in [-0.3, -0.25) is 4.68 Å². The van der Waals surface area contributed by atoms with E-state index in [4.69, 9.17) is 17.3 Å². The van der Waals surface area contributed by atoms with E-state index < -0.39 is 24.1 Å². The Kier molecular flexibility index (Phi) is 5.20. The highest BCUT2D eigenvalue weighted by Gasteiger charge is 2.48. The zero-order valence-corrected chi connectivity index (χ0v) is 12.8. The lowest BCUT2D eigenvalue weighted by molar-refractivity contribution is -0.198. The topological polar surface area (TPSA) is 43.8 Å². The van der Waals surface area contributed by atoms with Crippen molar-refractivity contribution in [1.82, 2.24) is 9.78 Å². The summed E-state index contributed by atoms with van der Waals surface area (Å²) in [4.78, 5) is 0. The van der Waals surface area contributed by atoms with Crippen molar-refractivity contribution in [3.8, 4) is 0 Å². The number of hydrogen-bond donors (Lipinski definition) is 1. The number of aryl methyl sites for hydroxylation is 1. The van der Waals surface area contributed by atoms with Gasteiger partial charge in [0.15, 0.2) is 0 Å². The normalized spacial score (nSPS) is 25.0. The minimum atomic E-state index is -4.20. The summed E-state index contributed by atoms with van der Waals surface area (Å²) < 4.78 is 41.3. The molecule has 1 fully saturated rings. The highest BCUT2D eigenvalue weighted by Crippen LogP contribution is 2.46. The molecule has 120 valence electrons. The van der Waals surface area contributed by atoms with Crippen molar-refractivity contribution >= 4 is 11.6 Å². The van der Waals surface area contributed by atoms with Gasteiger partial charge in [0.05, 0.1) is 28.9 Å². The molecule has 0 saturated heterocycles. The van der Waals surface area contributed by atoms with Gasteiger partial charge in [0.25, 0.3) is 0 Å². The first-order chi connectivity index (χ1) is 9.86. The molecule has 0 aromatic carbocycles. The van der Waals surface area contributed by atoms with Crippen molar-refractivity contribution in [2.24, 2.45) is 17.6 Å². The summed E-state index contributed by atoms with van der Waals surface area (Å²) in [6.07, 6.45) is 0.119. The van der Waals surface area contributed by atoms with Crippen molar-refractivity contribution in [3.05, 3.63) is 16.9 Å². The number of alkyl halides is 3. The maximum atomic E-state index is 13.2. The molecule has 0 spiro atoms. The van der Waals surface area contributed by atoms with Crippen LogP contribution >= 0.6 is 11.6 Å². The quantitative estimate of drug-likeness (QED) is 0.897. The van der Waals surface area contributed by atoms with Crippen molar-refractivity contribution < 1.29 is 13.2 Å². The van der Waals surface area contributed by atoms with E-state index in [0.717, 1.165) is 12.8 Å². The van der Waals surface area contributed by atoms with Crippen LogP contribution in [-0.4, -0.2) is 16.0 Å². The summed E-state index contributed by atoms with van der Waals surface area (Å²) in [6.45, 7) is 2.59. The second kappa shape index (κ2) is 6.57. The van der Waals surface area contributed by atoms with Crippen LogP contribution < -0.4 is 5.73 Å². The SMILES string of the molecule is CCCn1ncc(Cl)c1C(N)C1CCCCC1C(F)(F)F. The molecular formula is C14H21ClF3N3. The van der Waals surface area contributed by atoms with Gasteiger partial charge in [0, 0.05) is 6.54 Å². The minimum absolute atomic E-state index is 0.154. The molecule has 0 amide bonds. The van der Waals surface area contributed by atoms with E-state index in [-0.39, 0.29) is 6.42 Å². The smallest absolute Gasteiger partial charge is 0.322 e. The van der Waals surface area contributed by atoms with Crippen molar-refractivity contribution in [2.75, 3.05) is 0 Å². The second-order valence-electron chi connectivity index (χ2n) is 5.72. The summed E-state index contributed by atoms with van der Waals surface area (Å²) in [5.74, 6) is -1.97. The minimum Gasteiger partial charge on any atom is -0.322 e. The molecular weight excluding hydrogens is 303 g/mol. The van der Waals surface area contributed by atoms with Gasteiger partial charge in [-0.2, -0.15) is 18.3 Å². The van der Waals surface area contributed by atoms with E-state index in [1.807, 2.05) is 6.92 Å². The molecule has 0 radical (unpaired) electrons. The highest BCUT2D eigenvalue weighted by atomic mass is 35.5. The molecule has 21 heavy (non-hydrogen) atoms. The van der Waals surface area contributed by atoms with E-state index in [2.05, 4.69) is 5.10 Å². The molecule has 1 aromatic rings. The van der Waals surface area contributed by atoms with E-state index >= 15 is 0 Å². The van der Waals surface area contributed by atoms with Crippen LogP contribution in [0.4, 0.5) is 13.2 Å². The summed E-state index contributed by atoms with van der Waals surface area (Å²) in [5, 5.41) is 4.50. The Balaban J connectivity index is 2.29. The Labute approximate surface area is 127 Å². The molecule has 0 bridgehead atoms. The summed E-state index contributed by atoms with van der Waals surface area (Å²) in [5.41, 5.74) is 6.73. The van der Waals surface area contributed by atoms with E-state index in [1.54, 1.807) is 4.68 Å². The van der Waals surface area contributed by atoms with Gasteiger partial charge in [-0.25, -0.2) is 0 Å². The number of aromatic nitrogens is 2. The number of nitrogens with two attached hydrogens (primary N) is 1. The van der Waals surface area contributed by atoms with Gasteiger partial charge in [0.2, 0.25) is 0 Å². The Morgan fingerprint density at radius 2 is 2.10 bits per heavy atom. The number of nitrogens with zero attached hydrogens (tertiary/aromatic N) is 2. The Hall–Kier alpha value is -0.750. The van der Waals surface area contributed by atoms with Crippen LogP contribution in [0.5, 0.6) is 0 Å². The van der Waals surface area contributed by atoms with Crippen LogP contribution in [0, 0.1) is 11.8 Å². The molecule has 2 N–H and O–H groups in total. The zero-order valence-electron chi connectivity index (χ0n) is 12.0. The standard InChI is InChI=1S/C14H21ClF3N3/c1-2-7-21-13(11(15)8-20-21)12(19)9-5-3-4-6-10(9)14(16,17)18/h8-10,12H,2-7,19H2,1H3. The molecule has 1 aromatic heterocycles.